The number of hydrogen-bond acceptors (Lipinski definition) is 5. The lowest BCUT2D eigenvalue weighted by Crippen LogP contribution is -2.35. The number of oxazole rings is 5. The molecule has 114 heavy (non-hydrogen) atoms. The van der Waals surface area contributed by atoms with Crippen molar-refractivity contribution in [3.8, 4) is 97.0 Å². The minimum Gasteiger partial charge on any atom is -0.403 e. The number of hydrogen-bond donors (Lipinski definition) is 0. The van der Waals surface area contributed by atoms with Crippen LogP contribution in [0.1, 0.15) is 149 Å². The number of aromatic nitrogens is 5. The summed E-state index contributed by atoms with van der Waals surface area (Å²) in [6.07, 6.45) is 11.6. The fourth-order valence-electron chi connectivity index (χ4n) is 16.1. The molecule has 16 aromatic rings. The molecule has 10 heteroatoms. The molecule has 5 heterocycles. The van der Waals surface area contributed by atoms with Crippen molar-refractivity contribution in [1.29, 1.82) is 0 Å². The zero-order chi connectivity index (χ0) is 79.2. The molecule has 11 aromatic carbocycles. The Morgan fingerprint density at radius 1 is 0.202 bits per heavy atom. The summed E-state index contributed by atoms with van der Waals surface area (Å²) < 4.78 is 42.7. The van der Waals surface area contributed by atoms with Gasteiger partial charge in [-0.2, -0.15) is 0 Å². The van der Waals surface area contributed by atoms with Crippen LogP contribution in [0.3, 0.4) is 0 Å². The average Bonchev–Trinajstić information content (AvgIpc) is 1.65. The molecule has 5 aromatic heterocycles. The van der Waals surface area contributed by atoms with Crippen molar-refractivity contribution in [2.45, 2.75) is 153 Å². The number of benzene rings is 11. The van der Waals surface area contributed by atoms with Gasteiger partial charge in [0.2, 0.25) is 62.7 Å². The molecule has 0 bridgehead atoms. The predicted molar refractivity (Wildman–Crippen MR) is 458 cm³/mol. The lowest BCUT2D eigenvalue weighted by Gasteiger charge is -2.18. The molecule has 0 spiro atoms. The first-order valence-corrected chi connectivity index (χ1v) is 40.5. The van der Waals surface area contributed by atoms with E-state index in [1.807, 2.05) is 86.6 Å². The van der Waals surface area contributed by atoms with Crippen LogP contribution in [0.15, 0.2) is 325 Å². The summed E-state index contributed by atoms with van der Waals surface area (Å²) in [6.45, 7) is 25.5. The second kappa shape index (κ2) is 36.3. The quantitative estimate of drug-likeness (QED) is 0.107. The Labute approximate surface area is 673 Å². The van der Waals surface area contributed by atoms with Crippen molar-refractivity contribution in [2.24, 2.45) is 0 Å². The summed E-state index contributed by atoms with van der Waals surface area (Å²) in [5.74, 6) is 10.8. The van der Waals surface area contributed by atoms with E-state index in [1.54, 1.807) is 0 Å². The molecule has 2 saturated carbocycles. The van der Waals surface area contributed by atoms with E-state index in [1.165, 1.54) is 131 Å². The molecule has 2 fully saturated rings. The zero-order valence-corrected chi connectivity index (χ0v) is 68.2. The molecule has 18 rings (SSSR count). The number of para-hydroxylation sites is 5. The van der Waals surface area contributed by atoms with Gasteiger partial charge in [-0.15, -0.1) is 22.8 Å². The maximum Gasteiger partial charge on any atom is 0.387 e. The molecule has 0 aliphatic heterocycles. The van der Waals surface area contributed by atoms with Crippen LogP contribution in [0.25, 0.3) is 97.0 Å². The van der Waals surface area contributed by atoms with E-state index in [4.69, 9.17) is 22.1 Å². The summed E-state index contributed by atoms with van der Waals surface area (Å²) in [4.78, 5) is 0. The number of aryl methyl sites for hydroxylation is 7. The van der Waals surface area contributed by atoms with E-state index in [-0.39, 0.29) is 0 Å². The van der Waals surface area contributed by atoms with Crippen molar-refractivity contribution in [1.82, 2.24) is 0 Å². The first-order chi connectivity index (χ1) is 55.6. The highest BCUT2D eigenvalue weighted by atomic mass is 16.4. The van der Waals surface area contributed by atoms with Crippen molar-refractivity contribution < 1.29 is 44.9 Å². The summed E-state index contributed by atoms with van der Waals surface area (Å²) in [5.41, 5.74) is 24.6. The van der Waals surface area contributed by atoms with Crippen LogP contribution in [-0.4, -0.2) is 0 Å². The summed E-state index contributed by atoms with van der Waals surface area (Å²) in [5, 5.41) is 0. The maximum atomic E-state index is 6.54. The van der Waals surface area contributed by atoms with E-state index < -0.39 is 0 Å². The van der Waals surface area contributed by atoms with Gasteiger partial charge in [0.15, 0.2) is 23.0 Å². The minimum atomic E-state index is 0.557. The SMILES string of the molecule is Cc1ccccc1-[n+]1c(-c2ccccc2)oc(-c2ccccc2)c1C.Cc1ccccc1-[n+]1c(-c2ccccc2)oc(C)c1C.Cc1ccccc1-[n+]1c(-c2ccccc2)oc(C)c1C.Cc1ccccc1-[n+]1c(-c2ccccc2)oc(C2CCCC2)c1C.Cc1ccccc1-[n+]1c(-c2ccccc2)oc(C2CCCCC2)c1C. The van der Waals surface area contributed by atoms with Gasteiger partial charge >= 0.3 is 29.5 Å². The van der Waals surface area contributed by atoms with Gasteiger partial charge in [-0.05, 0) is 121 Å². The highest BCUT2D eigenvalue weighted by molar-refractivity contribution is 5.63. The van der Waals surface area contributed by atoms with Gasteiger partial charge in [-0.25, -0.2) is 0 Å². The van der Waals surface area contributed by atoms with Gasteiger partial charge in [0.1, 0.15) is 0 Å². The molecule has 0 radical (unpaired) electrons. The van der Waals surface area contributed by atoms with Gasteiger partial charge in [0.25, 0.3) is 0 Å². The van der Waals surface area contributed by atoms with Gasteiger partial charge in [0, 0.05) is 124 Å². The van der Waals surface area contributed by atoms with E-state index in [2.05, 4.69) is 323 Å². The smallest absolute Gasteiger partial charge is 0.387 e. The fraction of sp³-hybridized carbons (Fsp3) is 0.221. The molecule has 10 nitrogen and oxygen atoms in total. The van der Waals surface area contributed by atoms with Crippen molar-refractivity contribution in [2.75, 3.05) is 0 Å². The maximum absolute atomic E-state index is 6.54. The third-order valence-electron chi connectivity index (χ3n) is 22.5. The predicted octanol–water partition coefficient (Wildman–Crippen LogP) is 25.2. The monoisotopic (exact) mass is 1500 g/mol. The highest BCUT2D eigenvalue weighted by Gasteiger charge is 2.38. The third kappa shape index (κ3) is 17.1. The Balaban J connectivity index is 0.000000118. The van der Waals surface area contributed by atoms with Crippen LogP contribution < -0.4 is 22.8 Å². The van der Waals surface area contributed by atoms with Crippen LogP contribution >= 0.6 is 0 Å². The molecular weight excluding hydrogens is 1400 g/mol. The van der Waals surface area contributed by atoms with Gasteiger partial charge < -0.3 is 22.1 Å². The minimum absolute atomic E-state index is 0.557. The van der Waals surface area contributed by atoms with Gasteiger partial charge in [-0.3, -0.25) is 0 Å². The molecule has 2 aliphatic carbocycles. The molecule has 0 N–H and O–H groups in total. The van der Waals surface area contributed by atoms with Gasteiger partial charge in [0.05, 0.1) is 27.8 Å². The second-order valence-corrected chi connectivity index (χ2v) is 30.3. The molecule has 0 saturated heterocycles. The Bertz CT molecular complexity index is 5730. The van der Waals surface area contributed by atoms with Crippen LogP contribution in [0.2, 0.25) is 0 Å². The molecule has 2 aliphatic rings. The van der Waals surface area contributed by atoms with Crippen LogP contribution in [0.5, 0.6) is 0 Å². The van der Waals surface area contributed by atoms with Crippen molar-refractivity contribution >= 4 is 0 Å². The zero-order valence-electron chi connectivity index (χ0n) is 68.2. The van der Waals surface area contributed by atoms with E-state index >= 15 is 0 Å². The van der Waals surface area contributed by atoms with E-state index in [9.17, 15) is 0 Å². The first-order valence-electron chi connectivity index (χ1n) is 40.5. The van der Waals surface area contributed by atoms with Crippen LogP contribution in [0.4, 0.5) is 0 Å². The molecule has 572 valence electrons. The summed E-state index contributed by atoms with van der Waals surface area (Å²) in [7, 11) is 0. The van der Waals surface area contributed by atoms with Gasteiger partial charge in [-0.1, -0.05) is 244 Å². The fourth-order valence-corrected chi connectivity index (χ4v) is 16.1. The van der Waals surface area contributed by atoms with Crippen molar-refractivity contribution in [3.63, 3.8) is 0 Å². The first kappa shape index (κ1) is 78.2. The normalized spacial score (nSPS) is 12.7. The Morgan fingerprint density at radius 3 is 0.684 bits per heavy atom. The topological polar surface area (TPSA) is 85.1 Å². The van der Waals surface area contributed by atoms with Crippen LogP contribution in [-0.2, 0) is 0 Å². The lowest BCUT2D eigenvalue weighted by atomic mass is 9.87. The Kier molecular flexibility index (Phi) is 24.9. The molecular formula is C104H106N5O5+5. The largest absolute Gasteiger partial charge is 0.403 e. The molecule has 0 amide bonds. The second-order valence-electron chi connectivity index (χ2n) is 30.3. The number of rotatable bonds is 13. The third-order valence-corrected chi connectivity index (χ3v) is 22.5. The molecule has 0 unspecified atom stereocenters. The van der Waals surface area contributed by atoms with Crippen molar-refractivity contribution in [3.05, 3.63) is 383 Å². The van der Waals surface area contributed by atoms with Crippen LogP contribution in [0, 0.1) is 83.1 Å². The van der Waals surface area contributed by atoms with E-state index in [0.29, 0.717) is 11.8 Å². The lowest BCUT2D eigenvalue weighted by molar-refractivity contribution is -0.594. The molecule has 0 atom stereocenters. The average molecular weight is 1510 g/mol. The Morgan fingerprint density at radius 2 is 0.412 bits per heavy atom. The summed E-state index contributed by atoms with van der Waals surface area (Å²) >= 11 is 0. The van der Waals surface area contributed by atoms with E-state index in [0.717, 1.165) is 103 Å². The summed E-state index contributed by atoms with van der Waals surface area (Å²) in [6, 6.07) is 104. The Hall–Kier alpha value is -12.5. The number of nitrogens with zero attached hydrogens (tertiary/aromatic N) is 5. The standard InChI is InChI=1S/C23H26NO.C23H20NO.C22H24NO.2C18H18NO/c2*1-17-11-9-10-16-21(17)24-18(2)22(19-12-5-3-6-13-19)25-23(24)20-14-7-4-8-15-20;1-16-10-6-9-15-20(16)23-17(2)21(18-11-7-8-12-18)24-22(23)19-13-4-3-5-14-19;2*1-13-9-7-8-12-17(13)19-14(2)15(3)20-18(19)16-10-5-4-6-11-16/h4,7-11,14-16,19H,3,5-6,12-13H2,1-2H3;3-16H,1-2H3;3-6,9-10,13-15,18H,7-8,11-12H2,1-2H3;2*4-12H,1-3H3/q5*+1. The highest BCUT2D eigenvalue weighted by Crippen LogP contribution is 2.40.